The number of rotatable bonds is 6. The number of carbonyl (C=O) groups excluding carboxylic acids is 2. The lowest BCUT2D eigenvalue weighted by molar-refractivity contribution is -0.123. The molecular weight excluding hydrogens is 366 g/mol. The van der Waals surface area contributed by atoms with Gasteiger partial charge in [0.2, 0.25) is 5.91 Å². The lowest BCUT2D eigenvalue weighted by Gasteiger charge is -2.35. The summed E-state index contributed by atoms with van der Waals surface area (Å²) < 4.78 is 1.93. The third-order valence-electron chi connectivity index (χ3n) is 5.49. The van der Waals surface area contributed by atoms with Gasteiger partial charge in [0.05, 0.1) is 24.2 Å². The highest BCUT2D eigenvalue weighted by molar-refractivity contribution is 5.92. The Morgan fingerprint density at radius 3 is 2.62 bits per heavy atom. The molecule has 1 aromatic heterocycles. The molecule has 0 unspecified atom stereocenters. The Balaban J connectivity index is 1.63. The predicted molar refractivity (Wildman–Crippen MR) is 110 cm³/mol. The summed E-state index contributed by atoms with van der Waals surface area (Å²) in [6.07, 6.45) is 3.13. The maximum atomic E-state index is 12.6. The fraction of sp³-hybridized carbons (Fsp3) is 0.409. The molecule has 152 valence electrons. The number of nitrogens with one attached hydrogen (secondary N) is 2. The minimum atomic E-state index is -0.110. The Labute approximate surface area is 171 Å². The van der Waals surface area contributed by atoms with Crippen LogP contribution in [-0.2, 0) is 18.4 Å². The quantitative estimate of drug-likeness (QED) is 0.786. The molecular formula is C22H27N5O2. The van der Waals surface area contributed by atoms with Crippen LogP contribution in [0.2, 0.25) is 0 Å². The van der Waals surface area contributed by atoms with Gasteiger partial charge in [-0.25, -0.2) is 0 Å². The summed E-state index contributed by atoms with van der Waals surface area (Å²) in [4.78, 5) is 26.8. The Morgan fingerprint density at radius 2 is 1.93 bits per heavy atom. The first-order chi connectivity index (χ1) is 14.0. The van der Waals surface area contributed by atoms with Gasteiger partial charge in [0, 0.05) is 26.3 Å². The van der Waals surface area contributed by atoms with Gasteiger partial charge in [-0.1, -0.05) is 18.6 Å². The molecule has 1 aliphatic heterocycles. The van der Waals surface area contributed by atoms with E-state index >= 15 is 0 Å². The molecule has 0 radical (unpaired) electrons. The van der Waals surface area contributed by atoms with Crippen LogP contribution in [0.3, 0.4) is 0 Å². The highest BCUT2D eigenvalue weighted by Crippen LogP contribution is 2.31. The molecule has 0 aliphatic carbocycles. The second-order valence-electron chi connectivity index (χ2n) is 7.35. The topological polar surface area (TPSA) is 90.2 Å². The van der Waals surface area contributed by atoms with Gasteiger partial charge in [0.25, 0.3) is 5.91 Å². The molecule has 29 heavy (non-hydrogen) atoms. The van der Waals surface area contributed by atoms with Crippen LogP contribution in [0.4, 0.5) is 0 Å². The van der Waals surface area contributed by atoms with Crippen molar-refractivity contribution in [2.24, 2.45) is 7.05 Å². The van der Waals surface area contributed by atoms with E-state index < -0.39 is 0 Å². The summed E-state index contributed by atoms with van der Waals surface area (Å²) in [5.41, 5.74) is 3.25. The highest BCUT2D eigenvalue weighted by Gasteiger charge is 2.28. The lowest BCUT2D eigenvalue weighted by Crippen LogP contribution is -2.42. The number of piperidine rings is 1. The molecule has 7 nitrogen and oxygen atoms in total. The molecule has 1 saturated heterocycles. The van der Waals surface area contributed by atoms with Crippen LogP contribution in [0.5, 0.6) is 0 Å². The molecule has 1 aromatic carbocycles. The van der Waals surface area contributed by atoms with Crippen LogP contribution in [0.1, 0.15) is 52.6 Å². The van der Waals surface area contributed by atoms with Crippen molar-refractivity contribution in [1.29, 1.82) is 5.26 Å². The SMILES string of the molecule is CNC(=O)c1ccc([C@H]2CCCCN2CC(=O)NCc2ccc(C#N)cc2)n1C. The minimum absolute atomic E-state index is 0.0259. The van der Waals surface area contributed by atoms with E-state index in [1.807, 2.05) is 35.9 Å². The molecule has 1 fully saturated rings. The zero-order valence-corrected chi connectivity index (χ0v) is 16.9. The third kappa shape index (κ3) is 4.84. The Hall–Kier alpha value is -3.11. The maximum absolute atomic E-state index is 12.6. The smallest absolute Gasteiger partial charge is 0.267 e. The Bertz CT molecular complexity index is 910. The van der Waals surface area contributed by atoms with Gasteiger partial charge in [-0.05, 0) is 49.2 Å². The summed E-state index contributed by atoms with van der Waals surface area (Å²) in [6, 6.07) is 13.2. The first-order valence-electron chi connectivity index (χ1n) is 9.91. The van der Waals surface area contributed by atoms with E-state index in [-0.39, 0.29) is 17.9 Å². The zero-order chi connectivity index (χ0) is 20.8. The van der Waals surface area contributed by atoms with E-state index in [0.29, 0.717) is 24.3 Å². The molecule has 2 N–H and O–H groups in total. The minimum Gasteiger partial charge on any atom is -0.354 e. The molecule has 2 aromatic rings. The van der Waals surface area contributed by atoms with Crippen molar-refractivity contribution in [2.45, 2.75) is 31.8 Å². The summed E-state index contributed by atoms with van der Waals surface area (Å²) in [7, 11) is 3.53. The molecule has 1 atom stereocenters. The van der Waals surface area contributed by atoms with Gasteiger partial charge in [-0.3, -0.25) is 14.5 Å². The number of carbonyl (C=O) groups is 2. The molecule has 1 aliphatic rings. The van der Waals surface area contributed by atoms with Crippen LogP contribution in [-0.4, -0.2) is 41.4 Å². The fourth-order valence-electron chi connectivity index (χ4n) is 3.87. The standard InChI is InChI=1S/C22H27N5O2/c1-24-22(29)20-11-10-18(26(20)2)19-5-3-4-12-27(19)15-21(28)25-14-17-8-6-16(13-23)7-9-17/h6-11,19H,3-5,12,14-15H2,1-2H3,(H,24,29)(H,25,28)/t19-/m1/s1. The van der Waals surface area contributed by atoms with Crippen molar-refractivity contribution in [3.05, 3.63) is 58.9 Å². The average Bonchev–Trinajstić information content (AvgIpc) is 3.13. The van der Waals surface area contributed by atoms with Gasteiger partial charge >= 0.3 is 0 Å². The van der Waals surface area contributed by atoms with E-state index in [4.69, 9.17) is 5.26 Å². The van der Waals surface area contributed by atoms with Gasteiger partial charge in [0.1, 0.15) is 5.69 Å². The largest absolute Gasteiger partial charge is 0.354 e. The number of nitrogens with zero attached hydrogens (tertiary/aromatic N) is 3. The summed E-state index contributed by atoms with van der Waals surface area (Å²) in [5.74, 6) is -0.136. The number of hydrogen-bond donors (Lipinski definition) is 2. The zero-order valence-electron chi connectivity index (χ0n) is 16.9. The van der Waals surface area contributed by atoms with Crippen LogP contribution < -0.4 is 10.6 Å². The summed E-state index contributed by atoms with van der Waals surface area (Å²) in [6.45, 7) is 1.62. The molecule has 3 rings (SSSR count). The van der Waals surface area contributed by atoms with E-state index in [9.17, 15) is 9.59 Å². The van der Waals surface area contributed by atoms with E-state index in [1.54, 1.807) is 19.2 Å². The molecule has 0 saturated carbocycles. The molecule has 0 bridgehead atoms. The number of aromatic nitrogens is 1. The highest BCUT2D eigenvalue weighted by atomic mass is 16.2. The van der Waals surface area contributed by atoms with E-state index in [1.165, 1.54) is 0 Å². The normalized spacial score (nSPS) is 16.8. The molecule has 2 amide bonds. The van der Waals surface area contributed by atoms with E-state index in [0.717, 1.165) is 37.1 Å². The van der Waals surface area contributed by atoms with Crippen molar-refractivity contribution >= 4 is 11.8 Å². The molecule has 0 spiro atoms. The second kappa shape index (κ2) is 9.39. The van der Waals surface area contributed by atoms with Gasteiger partial charge < -0.3 is 15.2 Å². The van der Waals surface area contributed by atoms with Gasteiger partial charge in [-0.2, -0.15) is 5.26 Å². The number of nitriles is 1. The monoisotopic (exact) mass is 393 g/mol. The van der Waals surface area contributed by atoms with Crippen LogP contribution in [0.15, 0.2) is 36.4 Å². The maximum Gasteiger partial charge on any atom is 0.267 e. The Kier molecular flexibility index (Phi) is 6.68. The van der Waals surface area contributed by atoms with Crippen molar-refractivity contribution < 1.29 is 9.59 Å². The van der Waals surface area contributed by atoms with Gasteiger partial charge in [-0.15, -0.1) is 0 Å². The average molecular weight is 393 g/mol. The summed E-state index contributed by atoms with van der Waals surface area (Å²) in [5, 5.41) is 14.5. The van der Waals surface area contributed by atoms with Crippen molar-refractivity contribution in [1.82, 2.24) is 20.1 Å². The second-order valence-corrected chi connectivity index (χ2v) is 7.35. The summed E-state index contributed by atoms with van der Waals surface area (Å²) >= 11 is 0. The first kappa shape index (κ1) is 20.6. The fourth-order valence-corrected chi connectivity index (χ4v) is 3.87. The van der Waals surface area contributed by atoms with Crippen LogP contribution in [0, 0.1) is 11.3 Å². The van der Waals surface area contributed by atoms with E-state index in [2.05, 4.69) is 21.6 Å². The van der Waals surface area contributed by atoms with Crippen LogP contribution in [0.25, 0.3) is 0 Å². The number of benzene rings is 1. The van der Waals surface area contributed by atoms with Crippen molar-refractivity contribution in [2.75, 3.05) is 20.1 Å². The number of likely N-dealkylation sites (tertiary alicyclic amines) is 1. The first-order valence-corrected chi connectivity index (χ1v) is 9.91. The molecule has 7 heteroatoms. The lowest BCUT2D eigenvalue weighted by atomic mass is 9.99. The third-order valence-corrected chi connectivity index (χ3v) is 5.49. The molecule has 2 heterocycles. The number of amides is 2. The van der Waals surface area contributed by atoms with Crippen molar-refractivity contribution in [3.8, 4) is 6.07 Å². The Morgan fingerprint density at radius 1 is 1.17 bits per heavy atom. The number of hydrogen-bond acceptors (Lipinski definition) is 4. The van der Waals surface area contributed by atoms with Gasteiger partial charge in [0.15, 0.2) is 0 Å². The predicted octanol–water partition coefficient (Wildman–Crippen LogP) is 2.10. The van der Waals surface area contributed by atoms with Crippen molar-refractivity contribution in [3.63, 3.8) is 0 Å². The van der Waals surface area contributed by atoms with Crippen LogP contribution >= 0.6 is 0 Å².